The summed E-state index contributed by atoms with van der Waals surface area (Å²) >= 11 is 0. The largest absolute Gasteiger partial charge is 0.469 e. The highest BCUT2D eigenvalue weighted by molar-refractivity contribution is 5.86. The third-order valence-corrected chi connectivity index (χ3v) is 8.88. The highest BCUT2D eigenvalue weighted by Gasteiger charge is 2.86. The van der Waals surface area contributed by atoms with Gasteiger partial charge in [0.15, 0.2) is 0 Å². The predicted octanol–water partition coefficient (Wildman–Crippen LogP) is 0.310. The molecule has 3 N–H and O–H groups in total. The zero-order chi connectivity index (χ0) is 19.6. The Kier molecular flexibility index (Phi) is 3.11. The maximum Gasteiger partial charge on any atom is 0.315 e. The molecule has 4 bridgehead atoms. The molecule has 7 heteroatoms. The zero-order valence-electron chi connectivity index (χ0n) is 15.6. The van der Waals surface area contributed by atoms with Crippen molar-refractivity contribution in [3.8, 4) is 0 Å². The lowest BCUT2D eigenvalue weighted by molar-refractivity contribution is -0.170. The molecule has 0 radical (unpaired) electrons. The summed E-state index contributed by atoms with van der Waals surface area (Å²) in [5, 5.41) is 33.0. The van der Waals surface area contributed by atoms with Gasteiger partial charge in [-0.2, -0.15) is 0 Å². The molecule has 148 valence electrons. The molecule has 1 spiro atoms. The molecule has 1 aliphatic heterocycles. The molecule has 2 unspecified atom stereocenters. The molecule has 9 atom stereocenters. The third kappa shape index (κ3) is 1.56. The normalized spacial score (nSPS) is 57.9. The number of methoxy groups -OCH3 is 1. The second-order valence-corrected chi connectivity index (χ2v) is 9.50. The van der Waals surface area contributed by atoms with Crippen LogP contribution in [0.25, 0.3) is 0 Å². The zero-order valence-corrected chi connectivity index (χ0v) is 15.6. The van der Waals surface area contributed by atoms with Gasteiger partial charge in [-0.25, -0.2) is 0 Å². The Balaban J connectivity index is 1.79. The Morgan fingerprint density at radius 1 is 1.30 bits per heavy atom. The van der Waals surface area contributed by atoms with E-state index in [2.05, 4.69) is 6.58 Å². The molecule has 4 aliphatic carbocycles. The van der Waals surface area contributed by atoms with E-state index in [0.29, 0.717) is 31.3 Å². The van der Waals surface area contributed by atoms with Gasteiger partial charge < -0.3 is 24.8 Å². The molecular formula is C20H26O7. The van der Waals surface area contributed by atoms with E-state index in [-0.39, 0.29) is 12.3 Å². The lowest BCUT2D eigenvalue weighted by Gasteiger charge is -2.46. The van der Waals surface area contributed by atoms with E-state index in [1.165, 1.54) is 7.11 Å². The molecule has 1 heterocycles. The van der Waals surface area contributed by atoms with E-state index in [1.54, 1.807) is 6.92 Å². The van der Waals surface area contributed by atoms with Crippen molar-refractivity contribution in [1.29, 1.82) is 0 Å². The minimum absolute atomic E-state index is 0.201. The van der Waals surface area contributed by atoms with Crippen LogP contribution in [0.5, 0.6) is 0 Å². The number of rotatable bonds is 1. The number of carbonyl (C=O) groups is 2. The van der Waals surface area contributed by atoms with Gasteiger partial charge in [0.1, 0.15) is 5.60 Å². The van der Waals surface area contributed by atoms with Gasteiger partial charge in [-0.3, -0.25) is 9.59 Å². The minimum Gasteiger partial charge on any atom is -0.469 e. The van der Waals surface area contributed by atoms with Gasteiger partial charge in [0.25, 0.3) is 0 Å². The fraction of sp³-hybridized carbons (Fsp3) is 0.800. The van der Waals surface area contributed by atoms with E-state index in [1.807, 2.05) is 0 Å². The van der Waals surface area contributed by atoms with Crippen molar-refractivity contribution < 1.29 is 34.4 Å². The van der Waals surface area contributed by atoms with Crippen LogP contribution in [0.1, 0.15) is 39.0 Å². The van der Waals surface area contributed by atoms with Crippen LogP contribution in [0.2, 0.25) is 0 Å². The fourth-order valence-corrected chi connectivity index (χ4v) is 7.78. The number of hydrogen-bond acceptors (Lipinski definition) is 7. The molecule has 27 heavy (non-hydrogen) atoms. The molecule has 0 aromatic heterocycles. The van der Waals surface area contributed by atoms with Crippen molar-refractivity contribution in [2.75, 3.05) is 7.11 Å². The van der Waals surface area contributed by atoms with Gasteiger partial charge in [-0.15, -0.1) is 0 Å². The van der Waals surface area contributed by atoms with Crippen LogP contribution in [0.15, 0.2) is 12.2 Å². The summed E-state index contributed by atoms with van der Waals surface area (Å²) in [6.45, 7) is 5.60. The Morgan fingerprint density at radius 3 is 2.67 bits per heavy atom. The van der Waals surface area contributed by atoms with Gasteiger partial charge >= 0.3 is 11.9 Å². The van der Waals surface area contributed by atoms with Gasteiger partial charge in [0.05, 0.1) is 36.3 Å². The first-order chi connectivity index (χ1) is 12.6. The topological polar surface area (TPSA) is 113 Å². The second kappa shape index (κ2) is 4.75. The predicted molar refractivity (Wildman–Crippen MR) is 91.0 cm³/mol. The van der Waals surface area contributed by atoms with Crippen LogP contribution in [-0.2, 0) is 19.1 Å². The van der Waals surface area contributed by atoms with Crippen LogP contribution in [0.3, 0.4) is 0 Å². The molecule has 1 saturated heterocycles. The van der Waals surface area contributed by atoms with E-state index in [0.717, 1.165) is 0 Å². The SMILES string of the molecule is C=C1C(O)[C@]23C[C@@]1(O)CC[C@H]2[C@@]12CC[C@H](O)C(C)(C(=O)O1)[C@H]2[C@@H]3C(=O)OC. The first-order valence-electron chi connectivity index (χ1n) is 9.68. The molecule has 0 aromatic rings. The molecular weight excluding hydrogens is 352 g/mol. The van der Waals surface area contributed by atoms with Crippen LogP contribution in [0, 0.1) is 28.6 Å². The molecule has 0 amide bonds. The molecule has 5 rings (SSSR count). The first-order valence-corrected chi connectivity index (χ1v) is 9.68. The summed E-state index contributed by atoms with van der Waals surface area (Å²) in [5.74, 6) is -2.73. The first kappa shape index (κ1) is 17.6. The van der Waals surface area contributed by atoms with E-state index < -0.39 is 58.0 Å². The van der Waals surface area contributed by atoms with Crippen LogP contribution < -0.4 is 0 Å². The van der Waals surface area contributed by atoms with Gasteiger partial charge in [0.2, 0.25) is 0 Å². The third-order valence-electron chi connectivity index (χ3n) is 8.88. The van der Waals surface area contributed by atoms with Crippen molar-refractivity contribution in [3.05, 3.63) is 12.2 Å². The van der Waals surface area contributed by atoms with Crippen molar-refractivity contribution in [2.45, 2.75) is 62.4 Å². The summed E-state index contributed by atoms with van der Waals surface area (Å²) in [5.41, 5.74) is -4.04. The number of aliphatic hydroxyl groups is 3. The lowest BCUT2D eigenvalue weighted by Crippen LogP contribution is -2.53. The van der Waals surface area contributed by atoms with E-state index in [4.69, 9.17) is 9.47 Å². The summed E-state index contributed by atoms with van der Waals surface area (Å²) in [6.07, 6.45) is -0.0236. The second-order valence-electron chi connectivity index (χ2n) is 9.50. The van der Waals surface area contributed by atoms with E-state index in [9.17, 15) is 24.9 Å². The highest BCUT2D eigenvalue weighted by atomic mass is 16.6. The summed E-state index contributed by atoms with van der Waals surface area (Å²) in [6, 6.07) is 0. The Hall–Kier alpha value is -1.44. The summed E-state index contributed by atoms with van der Waals surface area (Å²) in [7, 11) is 1.29. The van der Waals surface area contributed by atoms with Gasteiger partial charge in [-0.05, 0) is 44.6 Å². The molecule has 7 nitrogen and oxygen atoms in total. The number of fused-ring (bicyclic) bond motifs is 1. The van der Waals surface area contributed by atoms with Gasteiger partial charge in [-0.1, -0.05) is 6.58 Å². The lowest BCUT2D eigenvalue weighted by atomic mass is 9.59. The van der Waals surface area contributed by atoms with Crippen molar-refractivity contribution in [2.24, 2.45) is 28.6 Å². The van der Waals surface area contributed by atoms with Crippen LogP contribution in [-0.4, -0.2) is 57.8 Å². The Labute approximate surface area is 157 Å². The molecule has 4 saturated carbocycles. The van der Waals surface area contributed by atoms with Crippen molar-refractivity contribution >= 4 is 11.9 Å². The Bertz CT molecular complexity index is 778. The fourth-order valence-electron chi connectivity index (χ4n) is 7.78. The number of hydrogen-bond donors (Lipinski definition) is 3. The number of esters is 2. The smallest absolute Gasteiger partial charge is 0.315 e. The molecule has 0 aromatic carbocycles. The van der Waals surface area contributed by atoms with Crippen molar-refractivity contribution in [1.82, 2.24) is 0 Å². The quantitative estimate of drug-likeness (QED) is 0.445. The molecule has 5 aliphatic rings. The van der Waals surface area contributed by atoms with Crippen LogP contribution >= 0.6 is 0 Å². The average Bonchev–Trinajstić information content (AvgIpc) is 3.04. The number of ether oxygens (including phenoxy) is 2. The highest BCUT2D eigenvalue weighted by Crippen LogP contribution is 2.78. The summed E-state index contributed by atoms with van der Waals surface area (Å²) < 4.78 is 11.1. The maximum atomic E-state index is 13.0. The van der Waals surface area contributed by atoms with Gasteiger partial charge in [0, 0.05) is 17.3 Å². The maximum absolute atomic E-state index is 13.0. The van der Waals surface area contributed by atoms with Crippen LogP contribution in [0.4, 0.5) is 0 Å². The molecule has 5 fully saturated rings. The van der Waals surface area contributed by atoms with Crippen molar-refractivity contribution in [3.63, 3.8) is 0 Å². The summed E-state index contributed by atoms with van der Waals surface area (Å²) in [4.78, 5) is 25.9. The van der Waals surface area contributed by atoms with E-state index >= 15 is 0 Å². The minimum atomic E-state index is -1.23. The number of aliphatic hydroxyl groups excluding tert-OH is 2. The monoisotopic (exact) mass is 378 g/mol. The number of carbonyl (C=O) groups excluding carboxylic acids is 2. The standard InChI is InChI=1S/C20H26O7/c1-9-14(22)19-8-18(9,25)6-4-10(19)20-7-5-11(21)17(2,16(24)27-20)13(20)12(19)15(23)26-3/h10-14,21-22,25H,1,4-8H2,2-3H3/t10-,11+,12-,13-,14?,17?,18+,19-,20-/m1/s1. The average molecular weight is 378 g/mol. The Morgan fingerprint density at radius 2 is 2.00 bits per heavy atom.